The first-order chi connectivity index (χ1) is 4.34. The molecule has 0 aliphatic carbocycles. The van der Waals surface area contributed by atoms with Crippen molar-refractivity contribution in [3.8, 4) is 0 Å². The summed E-state index contributed by atoms with van der Waals surface area (Å²) in [6.07, 6.45) is 2.12. The Morgan fingerprint density at radius 2 is 2.50 bits per heavy atom. The molecule has 1 amide bonds. The quantitative estimate of drug-likeness (QED) is 0.224. The minimum absolute atomic E-state index is 0. The van der Waals surface area contributed by atoms with Gasteiger partial charge in [-0.15, -0.1) is 0 Å². The van der Waals surface area contributed by atoms with E-state index in [0.717, 1.165) is 0 Å². The van der Waals surface area contributed by atoms with E-state index in [-0.39, 0.29) is 25.0 Å². The molecule has 4 heteroatoms. The monoisotopic (exact) mass is 131 g/mol. The summed E-state index contributed by atoms with van der Waals surface area (Å²) in [5.41, 5.74) is 2.37. The predicted octanol–water partition coefficient (Wildman–Crippen LogP) is -2.46. The molecular weight excluding hydrogens is 125 g/mol. The summed E-state index contributed by atoms with van der Waals surface area (Å²) in [5, 5.41) is 0. The van der Waals surface area contributed by atoms with Crippen LogP contribution >= 0.6 is 0 Å². The van der Waals surface area contributed by atoms with Crippen LogP contribution in [0.2, 0.25) is 0 Å². The van der Waals surface area contributed by atoms with E-state index in [1.165, 1.54) is 4.90 Å². The molecule has 1 aliphatic heterocycles. The summed E-state index contributed by atoms with van der Waals surface area (Å²) in [7, 11) is 0. The zero-order valence-electron chi connectivity index (χ0n) is 5.89. The zero-order valence-corrected chi connectivity index (χ0v) is 5.89. The molecular formula is C6H6LiNO2. The van der Waals surface area contributed by atoms with Gasteiger partial charge in [0.15, 0.2) is 0 Å². The number of cyclic esters (lactones) is 1. The van der Waals surface area contributed by atoms with Gasteiger partial charge in [-0.1, -0.05) is 0 Å². The number of hydrogen-bond acceptors (Lipinski definition) is 2. The fourth-order valence-corrected chi connectivity index (χ4v) is 0.590. The second-order valence-corrected chi connectivity index (χ2v) is 1.55. The summed E-state index contributed by atoms with van der Waals surface area (Å²) >= 11 is 0. The van der Waals surface area contributed by atoms with Gasteiger partial charge in [-0.3, -0.25) is 0 Å². The van der Waals surface area contributed by atoms with Gasteiger partial charge in [-0.05, 0) is 6.20 Å². The third-order valence-corrected chi connectivity index (χ3v) is 0.975. The van der Waals surface area contributed by atoms with Crippen LogP contribution in [-0.2, 0) is 4.74 Å². The minimum Gasteiger partial charge on any atom is -0.504 e. The largest absolute Gasteiger partial charge is 1.00 e. The van der Waals surface area contributed by atoms with Crippen molar-refractivity contribution < 1.29 is 28.4 Å². The normalized spacial score (nSPS) is 15.2. The van der Waals surface area contributed by atoms with Crippen LogP contribution in [-0.4, -0.2) is 24.1 Å². The molecule has 0 bridgehead atoms. The summed E-state index contributed by atoms with van der Waals surface area (Å²) in [4.78, 5) is 11.8. The van der Waals surface area contributed by atoms with Crippen LogP contribution in [0.4, 0.5) is 4.79 Å². The van der Waals surface area contributed by atoms with Crippen LogP contribution in [0.25, 0.3) is 0 Å². The van der Waals surface area contributed by atoms with Gasteiger partial charge in [-0.25, -0.2) is 5.73 Å². The Labute approximate surface area is 71.5 Å². The first kappa shape index (κ1) is 9.39. The van der Waals surface area contributed by atoms with Crippen LogP contribution in [0.1, 0.15) is 0 Å². The molecule has 1 rings (SSSR count). The SMILES string of the molecule is C=C=[C-]N1CCOC1=O.[Li+]. The van der Waals surface area contributed by atoms with E-state index >= 15 is 0 Å². The number of nitrogens with zero attached hydrogens (tertiary/aromatic N) is 1. The van der Waals surface area contributed by atoms with E-state index in [0.29, 0.717) is 13.2 Å². The van der Waals surface area contributed by atoms with Crippen LogP contribution in [0, 0.1) is 6.20 Å². The molecule has 48 valence electrons. The Bertz CT molecular complexity index is 175. The molecule has 0 saturated carbocycles. The van der Waals surface area contributed by atoms with Crippen molar-refractivity contribution in [1.82, 2.24) is 4.90 Å². The predicted molar refractivity (Wildman–Crippen MR) is 30.4 cm³/mol. The van der Waals surface area contributed by atoms with Gasteiger partial charge in [-0.2, -0.15) is 6.58 Å². The van der Waals surface area contributed by atoms with Gasteiger partial charge < -0.3 is 14.4 Å². The molecule has 0 aromatic carbocycles. The van der Waals surface area contributed by atoms with Crippen molar-refractivity contribution in [2.75, 3.05) is 13.2 Å². The summed E-state index contributed by atoms with van der Waals surface area (Å²) in [6.45, 7) is 4.27. The van der Waals surface area contributed by atoms with Crippen LogP contribution in [0.5, 0.6) is 0 Å². The number of amides is 1. The Hall–Kier alpha value is -0.613. The summed E-state index contributed by atoms with van der Waals surface area (Å²) < 4.78 is 4.57. The molecule has 0 N–H and O–H groups in total. The molecule has 0 unspecified atom stereocenters. The average Bonchev–Trinajstić information content (AvgIpc) is 2.18. The molecule has 0 radical (unpaired) electrons. The minimum atomic E-state index is -0.369. The maximum absolute atomic E-state index is 10.5. The molecule has 3 nitrogen and oxygen atoms in total. The van der Waals surface area contributed by atoms with Gasteiger partial charge in [0.05, 0.1) is 6.61 Å². The van der Waals surface area contributed by atoms with Gasteiger partial charge >= 0.3 is 25.0 Å². The van der Waals surface area contributed by atoms with Crippen LogP contribution < -0.4 is 18.9 Å². The standard InChI is InChI=1S/C6H6NO2.Li/c1-2-3-7-4-5-9-6(7)8;/h1,4-5H2;/q-1;+1. The van der Waals surface area contributed by atoms with E-state index in [4.69, 9.17) is 0 Å². The topological polar surface area (TPSA) is 29.5 Å². The Morgan fingerprint density at radius 3 is 2.90 bits per heavy atom. The van der Waals surface area contributed by atoms with Crippen LogP contribution in [0.15, 0.2) is 12.3 Å². The number of ether oxygens (including phenoxy) is 1. The van der Waals surface area contributed by atoms with Gasteiger partial charge in [0.25, 0.3) is 0 Å². The van der Waals surface area contributed by atoms with E-state index in [9.17, 15) is 4.79 Å². The Morgan fingerprint density at radius 1 is 1.80 bits per heavy atom. The molecule has 1 saturated heterocycles. The molecule has 0 atom stereocenters. The molecule has 0 aromatic heterocycles. The molecule has 1 aliphatic rings. The smallest absolute Gasteiger partial charge is 0.504 e. The summed E-state index contributed by atoms with van der Waals surface area (Å²) in [5.74, 6) is 0. The van der Waals surface area contributed by atoms with Crippen molar-refractivity contribution >= 4 is 6.09 Å². The second kappa shape index (κ2) is 4.24. The average molecular weight is 131 g/mol. The third kappa shape index (κ3) is 1.96. The Balaban J connectivity index is 0.000000810. The van der Waals surface area contributed by atoms with E-state index in [1.54, 1.807) is 0 Å². The zero-order chi connectivity index (χ0) is 6.69. The molecule has 0 aromatic rings. The number of hydrogen-bond donors (Lipinski definition) is 0. The second-order valence-electron chi connectivity index (χ2n) is 1.55. The summed E-state index contributed by atoms with van der Waals surface area (Å²) in [6, 6.07) is 0. The number of carbonyl (C=O) groups excluding carboxylic acids is 1. The number of rotatable bonds is 1. The molecule has 10 heavy (non-hydrogen) atoms. The van der Waals surface area contributed by atoms with Gasteiger partial charge in [0.1, 0.15) is 0 Å². The van der Waals surface area contributed by atoms with Crippen molar-refractivity contribution in [3.63, 3.8) is 0 Å². The third-order valence-electron chi connectivity index (χ3n) is 0.975. The van der Waals surface area contributed by atoms with Gasteiger partial charge in [0.2, 0.25) is 0 Å². The number of carbonyl (C=O) groups is 1. The first-order valence-electron chi connectivity index (χ1n) is 2.56. The van der Waals surface area contributed by atoms with Crippen LogP contribution in [0.3, 0.4) is 0 Å². The Kier molecular flexibility index (Phi) is 3.98. The van der Waals surface area contributed by atoms with Crippen molar-refractivity contribution in [3.05, 3.63) is 18.5 Å². The van der Waals surface area contributed by atoms with Gasteiger partial charge in [0, 0.05) is 6.54 Å². The fourth-order valence-electron chi connectivity index (χ4n) is 0.590. The first-order valence-corrected chi connectivity index (χ1v) is 2.56. The van der Waals surface area contributed by atoms with Crippen molar-refractivity contribution in [1.29, 1.82) is 0 Å². The molecule has 1 fully saturated rings. The van der Waals surface area contributed by atoms with E-state index < -0.39 is 0 Å². The maximum Gasteiger partial charge on any atom is 1.00 e. The van der Waals surface area contributed by atoms with Crippen molar-refractivity contribution in [2.24, 2.45) is 0 Å². The molecule has 1 heterocycles. The van der Waals surface area contributed by atoms with Crippen molar-refractivity contribution in [2.45, 2.75) is 0 Å². The maximum atomic E-state index is 10.5. The molecule has 0 spiro atoms. The van der Waals surface area contributed by atoms with E-state index in [1.807, 2.05) is 0 Å². The van der Waals surface area contributed by atoms with E-state index in [2.05, 4.69) is 23.2 Å². The fraction of sp³-hybridized carbons (Fsp3) is 0.333.